The molecule has 0 saturated carbocycles. The number of aromatic nitrogens is 1. The summed E-state index contributed by atoms with van der Waals surface area (Å²) in [5.74, 6) is 0.833. The fourth-order valence-electron chi connectivity index (χ4n) is 4.72. The highest BCUT2D eigenvalue weighted by Crippen LogP contribution is 2.46. The molecule has 5 nitrogen and oxygen atoms in total. The molecule has 2 aliphatic heterocycles. The Morgan fingerprint density at radius 2 is 1.88 bits per heavy atom. The first kappa shape index (κ1) is 22.0. The van der Waals surface area contributed by atoms with Crippen LogP contribution in [0.4, 0.5) is 13.2 Å². The number of fused-ring (bicyclic) bond motifs is 4. The smallest absolute Gasteiger partial charge is 0.496 e. The zero-order valence-electron chi connectivity index (χ0n) is 17.9. The molecule has 0 aliphatic carbocycles. The van der Waals surface area contributed by atoms with E-state index in [0.717, 1.165) is 48.6 Å². The molecule has 9 heteroatoms. The van der Waals surface area contributed by atoms with Gasteiger partial charge in [-0.05, 0) is 30.3 Å². The molecule has 0 N–H and O–H groups in total. The van der Waals surface area contributed by atoms with Crippen molar-refractivity contribution in [2.45, 2.75) is 31.3 Å². The van der Waals surface area contributed by atoms with E-state index in [0.29, 0.717) is 17.3 Å². The third-order valence-corrected chi connectivity index (χ3v) is 6.49. The number of piperidine rings is 1. The van der Waals surface area contributed by atoms with Crippen LogP contribution < -0.4 is 14.2 Å². The van der Waals surface area contributed by atoms with Gasteiger partial charge in [0.15, 0.2) is 5.60 Å². The summed E-state index contributed by atoms with van der Waals surface area (Å²) >= 11 is 6.21. The van der Waals surface area contributed by atoms with Crippen molar-refractivity contribution in [1.82, 2.24) is 9.47 Å². The lowest BCUT2D eigenvalue weighted by molar-refractivity contribution is -0.274. The molecule has 2 aliphatic rings. The zero-order valence-corrected chi connectivity index (χ0v) is 18.6. The van der Waals surface area contributed by atoms with Crippen molar-refractivity contribution in [1.29, 1.82) is 0 Å². The van der Waals surface area contributed by atoms with Gasteiger partial charge in [-0.3, -0.25) is 4.90 Å². The number of nitrogens with zero attached hydrogens (tertiary/aromatic N) is 2. The van der Waals surface area contributed by atoms with Gasteiger partial charge in [-0.15, -0.1) is 13.2 Å². The van der Waals surface area contributed by atoms with E-state index >= 15 is 0 Å². The molecule has 3 heterocycles. The van der Waals surface area contributed by atoms with Gasteiger partial charge < -0.3 is 18.8 Å². The summed E-state index contributed by atoms with van der Waals surface area (Å²) in [6.45, 7) is 2.06. The number of hydrogen-bond acceptors (Lipinski definition) is 4. The molecule has 0 amide bonds. The molecule has 0 radical (unpaired) electrons. The SMILES string of the molecule is COc1cc(OC(F)(F)F)ccc1CN1CCC2(CC1)Oc1cc(Cl)ccc1-n1cccc12. The predicted octanol–water partition coefficient (Wildman–Crippen LogP) is 5.92. The van der Waals surface area contributed by atoms with E-state index in [1.165, 1.54) is 19.2 Å². The number of benzene rings is 2. The van der Waals surface area contributed by atoms with Crippen molar-refractivity contribution in [3.63, 3.8) is 0 Å². The van der Waals surface area contributed by atoms with Crippen molar-refractivity contribution in [2.75, 3.05) is 20.2 Å². The summed E-state index contributed by atoms with van der Waals surface area (Å²) in [6.07, 6.45) is -1.18. The molecular formula is C24H22ClF3N2O3. The maximum absolute atomic E-state index is 12.5. The first-order chi connectivity index (χ1) is 15.8. The van der Waals surface area contributed by atoms with Crippen LogP contribution in [0.15, 0.2) is 54.7 Å². The molecule has 0 unspecified atom stereocenters. The van der Waals surface area contributed by atoms with Gasteiger partial charge in [0.05, 0.1) is 18.5 Å². The molecule has 1 spiro atoms. The summed E-state index contributed by atoms with van der Waals surface area (Å²) in [5, 5.41) is 0.627. The average Bonchev–Trinajstić information content (AvgIpc) is 3.26. The first-order valence-electron chi connectivity index (χ1n) is 10.6. The van der Waals surface area contributed by atoms with Gasteiger partial charge in [-0.2, -0.15) is 0 Å². The quantitative estimate of drug-likeness (QED) is 0.466. The van der Waals surface area contributed by atoms with E-state index in [2.05, 4.69) is 20.3 Å². The minimum atomic E-state index is -4.74. The maximum Gasteiger partial charge on any atom is 0.573 e. The number of halogens is 4. The summed E-state index contributed by atoms with van der Waals surface area (Å²) in [6, 6.07) is 14.0. The second-order valence-electron chi connectivity index (χ2n) is 8.27. The Bertz CT molecular complexity index is 1170. The van der Waals surface area contributed by atoms with Crippen molar-refractivity contribution < 1.29 is 27.4 Å². The molecule has 33 heavy (non-hydrogen) atoms. The number of rotatable bonds is 4. The predicted molar refractivity (Wildman–Crippen MR) is 117 cm³/mol. The maximum atomic E-state index is 12.5. The Morgan fingerprint density at radius 3 is 2.61 bits per heavy atom. The van der Waals surface area contributed by atoms with Gasteiger partial charge in [-0.1, -0.05) is 17.7 Å². The summed E-state index contributed by atoms with van der Waals surface area (Å²) < 4.78 is 55.6. The largest absolute Gasteiger partial charge is 0.573 e. The minimum absolute atomic E-state index is 0.297. The highest BCUT2D eigenvalue weighted by atomic mass is 35.5. The molecule has 1 aromatic heterocycles. The van der Waals surface area contributed by atoms with E-state index < -0.39 is 12.0 Å². The van der Waals surface area contributed by atoms with Crippen LogP contribution in [0.2, 0.25) is 5.02 Å². The molecular weight excluding hydrogens is 457 g/mol. The fourth-order valence-corrected chi connectivity index (χ4v) is 4.88. The fraction of sp³-hybridized carbons (Fsp3) is 0.333. The molecule has 0 bridgehead atoms. The van der Waals surface area contributed by atoms with Crippen molar-refractivity contribution in [2.24, 2.45) is 0 Å². The number of alkyl halides is 3. The van der Waals surface area contributed by atoms with Gasteiger partial charge in [0.25, 0.3) is 0 Å². The molecule has 2 aromatic carbocycles. The summed E-state index contributed by atoms with van der Waals surface area (Å²) in [4.78, 5) is 2.25. The number of likely N-dealkylation sites (tertiary alicyclic amines) is 1. The Labute approximate surface area is 194 Å². The van der Waals surface area contributed by atoms with E-state index in [1.54, 1.807) is 6.07 Å². The number of hydrogen-bond donors (Lipinski definition) is 0. The van der Waals surface area contributed by atoms with Crippen LogP contribution in [0.3, 0.4) is 0 Å². The van der Waals surface area contributed by atoms with Crippen molar-refractivity contribution in [3.8, 4) is 22.9 Å². The van der Waals surface area contributed by atoms with Crippen LogP contribution in [0.1, 0.15) is 24.1 Å². The van der Waals surface area contributed by atoms with E-state index in [-0.39, 0.29) is 5.75 Å². The Morgan fingerprint density at radius 1 is 1.09 bits per heavy atom. The van der Waals surface area contributed by atoms with Gasteiger partial charge in [0.2, 0.25) is 0 Å². The molecule has 1 fully saturated rings. The lowest BCUT2D eigenvalue weighted by Gasteiger charge is -2.45. The van der Waals surface area contributed by atoms with Crippen molar-refractivity contribution >= 4 is 11.6 Å². The zero-order chi connectivity index (χ0) is 23.2. The van der Waals surface area contributed by atoms with Gasteiger partial charge >= 0.3 is 6.36 Å². The van der Waals surface area contributed by atoms with Crippen LogP contribution in [0, 0.1) is 0 Å². The van der Waals surface area contributed by atoms with Crippen molar-refractivity contribution in [3.05, 3.63) is 71.0 Å². The first-order valence-corrected chi connectivity index (χ1v) is 11.0. The summed E-state index contributed by atoms with van der Waals surface area (Å²) in [7, 11) is 1.44. The highest BCUT2D eigenvalue weighted by molar-refractivity contribution is 6.30. The van der Waals surface area contributed by atoms with Gasteiger partial charge in [-0.25, -0.2) is 0 Å². The lowest BCUT2D eigenvalue weighted by atomic mass is 9.86. The standard InChI is InChI=1S/C24H22ClF3N2O3/c1-31-20-14-18(32-24(26,27)28)6-4-16(20)15-29-11-8-23(9-12-29)22-3-2-10-30(22)19-7-5-17(25)13-21(19)33-23/h2-7,10,13-14H,8-9,11-12,15H2,1H3. The normalized spacial score (nSPS) is 17.2. The third kappa shape index (κ3) is 4.25. The average molecular weight is 479 g/mol. The van der Waals surface area contributed by atoms with Crippen LogP contribution >= 0.6 is 11.6 Å². The lowest BCUT2D eigenvalue weighted by Crippen LogP contribution is -2.48. The number of methoxy groups -OCH3 is 1. The van der Waals surface area contributed by atoms with Crippen LogP contribution in [0.25, 0.3) is 5.69 Å². The van der Waals surface area contributed by atoms with Gasteiger partial charge in [0.1, 0.15) is 17.2 Å². The topological polar surface area (TPSA) is 35.9 Å². The third-order valence-electron chi connectivity index (χ3n) is 6.25. The Kier molecular flexibility index (Phi) is 5.45. The Balaban J connectivity index is 1.32. The second kappa shape index (κ2) is 8.18. The van der Waals surface area contributed by atoms with Crippen LogP contribution in [0.5, 0.6) is 17.2 Å². The Hall–Kier alpha value is -2.84. The molecule has 5 rings (SSSR count). The molecule has 0 atom stereocenters. The molecule has 174 valence electrons. The molecule has 3 aromatic rings. The summed E-state index contributed by atoms with van der Waals surface area (Å²) in [5.41, 5.74) is 2.43. The second-order valence-corrected chi connectivity index (χ2v) is 8.71. The minimum Gasteiger partial charge on any atom is -0.496 e. The van der Waals surface area contributed by atoms with E-state index in [1.807, 2.05) is 30.5 Å². The molecule has 1 saturated heterocycles. The van der Waals surface area contributed by atoms with Crippen LogP contribution in [-0.2, 0) is 12.1 Å². The van der Waals surface area contributed by atoms with E-state index in [9.17, 15) is 13.2 Å². The highest BCUT2D eigenvalue weighted by Gasteiger charge is 2.44. The van der Waals surface area contributed by atoms with E-state index in [4.69, 9.17) is 21.1 Å². The monoisotopic (exact) mass is 478 g/mol. The number of ether oxygens (including phenoxy) is 3. The van der Waals surface area contributed by atoms with Crippen LogP contribution in [-0.4, -0.2) is 36.0 Å². The van der Waals surface area contributed by atoms with Gasteiger partial charge in [0, 0.05) is 61.4 Å².